The third-order valence-electron chi connectivity index (χ3n) is 7.69. The molecule has 0 bridgehead atoms. The summed E-state index contributed by atoms with van der Waals surface area (Å²) in [6, 6.07) is 16.1. The molecule has 40 heavy (non-hydrogen) atoms. The quantitative estimate of drug-likeness (QED) is 0.332. The van der Waals surface area contributed by atoms with Crippen molar-refractivity contribution in [2.24, 2.45) is 0 Å². The summed E-state index contributed by atoms with van der Waals surface area (Å²) in [4.78, 5) is 29.2. The molecule has 0 spiro atoms. The maximum atomic E-state index is 13.4. The van der Waals surface area contributed by atoms with Crippen molar-refractivity contribution in [1.29, 1.82) is 0 Å². The van der Waals surface area contributed by atoms with Crippen LogP contribution in [0.3, 0.4) is 0 Å². The summed E-state index contributed by atoms with van der Waals surface area (Å²) in [7, 11) is 3.75. The minimum atomic E-state index is -0.213. The summed E-state index contributed by atoms with van der Waals surface area (Å²) in [5.74, 6) is -0.213. The Morgan fingerprint density at radius 1 is 1.02 bits per heavy atom. The molecule has 0 unspecified atom stereocenters. The van der Waals surface area contributed by atoms with Crippen LogP contribution in [0.4, 0.5) is 5.69 Å². The lowest BCUT2D eigenvalue weighted by Crippen LogP contribution is -2.37. The Kier molecular flexibility index (Phi) is 11.8. The number of amides is 1. The number of nitrogens with zero attached hydrogens (tertiary/aromatic N) is 2. The van der Waals surface area contributed by atoms with Gasteiger partial charge in [0.1, 0.15) is 0 Å². The molecule has 1 aliphatic carbocycles. The van der Waals surface area contributed by atoms with E-state index in [9.17, 15) is 9.59 Å². The Morgan fingerprint density at radius 2 is 1.68 bits per heavy atom. The minimum absolute atomic E-state index is 0.0698. The molecule has 1 amide bonds. The van der Waals surface area contributed by atoms with Gasteiger partial charge < -0.3 is 20.1 Å². The molecule has 0 aliphatic heterocycles. The van der Waals surface area contributed by atoms with Gasteiger partial charge in [0.2, 0.25) is 0 Å². The van der Waals surface area contributed by atoms with Crippen molar-refractivity contribution in [2.45, 2.75) is 78.9 Å². The summed E-state index contributed by atoms with van der Waals surface area (Å²) in [6.07, 6.45) is 6.12. The summed E-state index contributed by atoms with van der Waals surface area (Å²) >= 11 is 6.53. The van der Waals surface area contributed by atoms with Crippen LogP contribution < -0.4 is 21.1 Å². The summed E-state index contributed by atoms with van der Waals surface area (Å²) in [6.45, 7) is 9.57. The van der Waals surface area contributed by atoms with Crippen molar-refractivity contribution in [2.75, 3.05) is 25.5 Å². The fourth-order valence-corrected chi connectivity index (χ4v) is 5.84. The van der Waals surface area contributed by atoms with Gasteiger partial charge in [0, 0.05) is 46.7 Å². The van der Waals surface area contributed by atoms with Gasteiger partial charge in [-0.15, -0.1) is 0 Å². The van der Waals surface area contributed by atoms with Crippen molar-refractivity contribution in [1.82, 2.24) is 15.2 Å². The van der Waals surface area contributed by atoms with Gasteiger partial charge in [-0.25, -0.2) is 0 Å². The van der Waals surface area contributed by atoms with Gasteiger partial charge in [-0.2, -0.15) is 0 Å². The molecule has 216 valence electrons. The molecule has 2 aromatic carbocycles. The lowest BCUT2D eigenvalue weighted by Gasteiger charge is -2.36. The molecule has 1 aromatic heterocycles. The molecule has 0 radical (unpaired) electrons. The average Bonchev–Trinajstić information content (AvgIpc) is 2.94. The highest BCUT2D eigenvalue weighted by molar-refractivity contribution is 6.31. The van der Waals surface area contributed by atoms with Gasteiger partial charge in [0.25, 0.3) is 11.5 Å². The molecule has 4 rings (SSSR count). The van der Waals surface area contributed by atoms with Gasteiger partial charge in [0.05, 0.1) is 6.54 Å². The number of carbonyl (C=O) groups is 1. The molecule has 0 saturated heterocycles. The van der Waals surface area contributed by atoms with E-state index in [0.717, 1.165) is 34.6 Å². The van der Waals surface area contributed by atoms with Crippen LogP contribution in [0.25, 0.3) is 0 Å². The van der Waals surface area contributed by atoms with E-state index in [2.05, 4.69) is 22.5 Å². The van der Waals surface area contributed by atoms with Crippen LogP contribution in [-0.2, 0) is 13.1 Å². The molecule has 6 nitrogen and oxygen atoms in total. The Morgan fingerprint density at radius 3 is 2.30 bits per heavy atom. The summed E-state index contributed by atoms with van der Waals surface area (Å²) < 4.78 is 1.77. The average molecular weight is 565 g/mol. The Bertz CT molecular complexity index is 1330. The van der Waals surface area contributed by atoms with E-state index < -0.39 is 0 Å². The number of pyridine rings is 1. The number of anilines is 1. The molecule has 1 aliphatic rings. The zero-order valence-corrected chi connectivity index (χ0v) is 25.7. The topological polar surface area (TPSA) is 66.4 Å². The molecular weight excluding hydrogens is 520 g/mol. The largest absolute Gasteiger partial charge is 0.369 e. The number of carbonyl (C=O) groups excluding carboxylic acids is 1. The van der Waals surface area contributed by atoms with Crippen molar-refractivity contribution < 1.29 is 4.79 Å². The lowest BCUT2D eigenvalue weighted by molar-refractivity contribution is 0.0950. The number of aromatic nitrogens is 1. The van der Waals surface area contributed by atoms with Crippen LogP contribution in [0, 0.1) is 20.8 Å². The van der Waals surface area contributed by atoms with Crippen molar-refractivity contribution in [3.63, 3.8) is 0 Å². The van der Waals surface area contributed by atoms with E-state index in [1.807, 2.05) is 77.3 Å². The van der Waals surface area contributed by atoms with E-state index >= 15 is 0 Å². The first-order valence-electron chi connectivity index (χ1n) is 14.4. The number of halogens is 1. The lowest BCUT2D eigenvalue weighted by atomic mass is 9.93. The first kappa shape index (κ1) is 31.4. The van der Waals surface area contributed by atoms with Crippen LogP contribution in [-0.4, -0.2) is 37.2 Å². The van der Waals surface area contributed by atoms with Crippen molar-refractivity contribution in [3.8, 4) is 0 Å². The highest BCUT2D eigenvalue weighted by atomic mass is 35.5. The number of hydrogen-bond acceptors (Lipinski definition) is 4. The molecule has 3 aromatic rings. The maximum absolute atomic E-state index is 13.4. The van der Waals surface area contributed by atoms with Gasteiger partial charge in [-0.1, -0.05) is 61.2 Å². The Labute approximate surface area is 244 Å². The summed E-state index contributed by atoms with van der Waals surface area (Å²) in [5.41, 5.74) is 5.90. The molecule has 2 N–H and O–H groups in total. The number of hydrogen-bond donors (Lipinski definition) is 2. The van der Waals surface area contributed by atoms with Crippen LogP contribution >= 0.6 is 11.6 Å². The zero-order chi connectivity index (χ0) is 29.2. The zero-order valence-electron chi connectivity index (χ0n) is 24.9. The normalized spacial score (nSPS) is 13.4. The van der Waals surface area contributed by atoms with Crippen LogP contribution in [0.2, 0.25) is 5.02 Å². The predicted molar refractivity (Wildman–Crippen MR) is 168 cm³/mol. The van der Waals surface area contributed by atoms with E-state index in [0.29, 0.717) is 28.7 Å². The second-order valence-corrected chi connectivity index (χ2v) is 11.1. The Hall–Kier alpha value is -3.09. The number of rotatable bonds is 8. The predicted octanol–water partition coefficient (Wildman–Crippen LogP) is 6.40. The third kappa shape index (κ3) is 7.76. The third-order valence-corrected chi connectivity index (χ3v) is 7.91. The van der Waals surface area contributed by atoms with Gasteiger partial charge in [-0.05, 0) is 89.5 Å². The SMILES string of the molecule is CCN(c1cc(Cl)cc(C(=O)NCc2c(C)cc(C)n(Cc3ccccc3)c2=O)c1C)C1CCCCC1.CNC. The first-order chi connectivity index (χ1) is 19.2. The molecule has 7 heteroatoms. The highest BCUT2D eigenvalue weighted by Gasteiger charge is 2.24. The fourth-order valence-electron chi connectivity index (χ4n) is 5.63. The minimum Gasteiger partial charge on any atom is -0.369 e. The van der Waals surface area contributed by atoms with Crippen LogP contribution in [0.5, 0.6) is 0 Å². The number of nitrogens with one attached hydrogen (secondary N) is 2. The standard InChI is InChI=1S/C31H38ClN3O2.C2H7N/c1-5-34(26-14-10-7-11-15-26)29-18-25(32)17-27(23(29)4)30(36)33-19-28-21(2)16-22(3)35(31(28)37)20-24-12-8-6-9-13-24;1-3-2/h6,8-9,12-13,16-18,26H,5,7,10-11,14-15,19-20H2,1-4H3,(H,33,36);3H,1-2H3. The fraction of sp³-hybridized carbons (Fsp3) is 0.455. The highest BCUT2D eigenvalue weighted by Crippen LogP contribution is 2.33. The number of benzene rings is 2. The first-order valence-corrected chi connectivity index (χ1v) is 14.8. The second kappa shape index (κ2) is 15.1. The van der Waals surface area contributed by atoms with Crippen molar-refractivity contribution >= 4 is 23.2 Å². The van der Waals surface area contributed by atoms with Crippen molar-refractivity contribution in [3.05, 3.63) is 97.4 Å². The van der Waals surface area contributed by atoms with E-state index in [1.54, 1.807) is 10.6 Å². The molecule has 1 fully saturated rings. The maximum Gasteiger partial charge on any atom is 0.256 e. The smallest absolute Gasteiger partial charge is 0.256 e. The number of aryl methyl sites for hydroxylation is 2. The van der Waals surface area contributed by atoms with Crippen LogP contribution in [0.1, 0.15) is 77.3 Å². The molecule has 1 saturated carbocycles. The van der Waals surface area contributed by atoms with Crippen LogP contribution in [0.15, 0.2) is 53.3 Å². The summed E-state index contributed by atoms with van der Waals surface area (Å²) in [5, 5.41) is 6.31. The Balaban J connectivity index is 0.00000141. The van der Waals surface area contributed by atoms with E-state index in [-0.39, 0.29) is 18.0 Å². The van der Waals surface area contributed by atoms with Gasteiger partial charge in [-0.3, -0.25) is 9.59 Å². The second-order valence-electron chi connectivity index (χ2n) is 10.7. The molecular formula is C33H45ClN4O2. The monoisotopic (exact) mass is 564 g/mol. The molecule has 0 atom stereocenters. The van der Waals surface area contributed by atoms with Gasteiger partial charge in [0.15, 0.2) is 0 Å². The molecule has 1 heterocycles. The van der Waals surface area contributed by atoms with Gasteiger partial charge >= 0.3 is 0 Å². The van der Waals surface area contributed by atoms with E-state index in [4.69, 9.17) is 11.6 Å². The van der Waals surface area contributed by atoms with E-state index in [1.165, 1.54) is 32.1 Å².